The number of nitrogens with zero attached hydrogens (tertiary/aromatic N) is 4. The molecule has 3 aromatic heterocycles. The highest BCUT2D eigenvalue weighted by molar-refractivity contribution is 6.33. The van der Waals surface area contributed by atoms with Crippen LogP contribution in [0.25, 0.3) is 121 Å². The summed E-state index contributed by atoms with van der Waals surface area (Å²) in [7, 11) is 0. The Morgan fingerprint density at radius 1 is 0.290 bits per heavy atom. The van der Waals surface area contributed by atoms with Gasteiger partial charge in [-0.1, -0.05) is 164 Å². The second kappa shape index (κ2) is 13.6. The van der Waals surface area contributed by atoms with Crippen LogP contribution in [-0.2, 0) is 0 Å². The first kappa shape index (κ1) is 34.5. The van der Waals surface area contributed by atoms with E-state index in [1.165, 1.54) is 59.6 Å². The van der Waals surface area contributed by atoms with Crippen LogP contribution in [0.15, 0.2) is 218 Å². The lowest BCUT2D eigenvalue weighted by atomic mass is 9.96. The molecule has 0 aliphatic rings. The minimum atomic E-state index is 0.722. The molecule has 0 unspecified atom stereocenters. The summed E-state index contributed by atoms with van der Waals surface area (Å²) in [6.07, 6.45) is 0. The van der Waals surface area contributed by atoms with Gasteiger partial charge in [-0.3, -0.25) is 0 Å². The van der Waals surface area contributed by atoms with E-state index in [1.807, 2.05) is 24.3 Å². The van der Waals surface area contributed by atoms with Crippen molar-refractivity contribution in [3.8, 4) is 45.1 Å². The van der Waals surface area contributed by atoms with Gasteiger partial charge in [-0.15, -0.1) is 0 Å². The van der Waals surface area contributed by atoms with Gasteiger partial charge in [-0.2, -0.15) is 0 Å². The summed E-state index contributed by atoms with van der Waals surface area (Å²) in [6, 6.07) is 78.6. The van der Waals surface area contributed by atoms with Crippen molar-refractivity contribution in [1.82, 2.24) is 19.1 Å². The van der Waals surface area contributed by atoms with E-state index < -0.39 is 0 Å². The van der Waals surface area contributed by atoms with Gasteiger partial charge in [-0.25, -0.2) is 9.97 Å². The fourth-order valence-electron chi connectivity index (χ4n) is 9.93. The molecule has 0 atom stereocenters. The standard InChI is InChI=1S/C58H36N4/c1-4-17-37(18-5-1)56-49-34-40(31-32-51(49)59-58(60-56)38-19-6-2-7-20-38)39-21-16-24-42(33-39)61-52-30-15-14-27-45(52)48-35-50-54(36-53(48)61)62(41-22-8-3-9-23-41)57-47-29-13-11-26-44(47)43-25-10-12-28-46(43)55(50)57/h1-36H. The lowest BCUT2D eigenvalue weighted by Gasteiger charge is -2.13. The molecule has 13 rings (SSSR count). The summed E-state index contributed by atoms with van der Waals surface area (Å²) in [5.74, 6) is 0.722. The van der Waals surface area contributed by atoms with E-state index in [1.54, 1.807) is 0 Å². The lowest BCUT2D eigenvalue weighted by molar-refractivity contribution is 1.17. The Morgan fingerprint density at radius 2 is 0.871 bits per heavy atom. The molecule has 4 nitrogen and oxygen atoms in total. The van der Waals surface area contributed by atoms with Crippen molar-refractivity contribution in [3.63, 3.8) is 0 Å². The van der Waals surface area contributed by atoms with Crippen LogP contribution in [0.3, 0.4) is 0 Å². The third-order valence-corrected chi connectivity index (χ3v) is 12.7. The molecular formula is C58H36N4. The van der Waals surface area contributed by atoms with Crippen LogP contribution >= 0.6 is 0 Å². The molecule has 62 heavy (non-hydrogen) atoms. The predicted octanol–water partition coefficient (Wildman–Crippen LogP) is 15.1. The van der Waals surface area contributed by atoms with Crippen LogP contribution in [-0.4, -0.2) is 19.1 Å². The van der Waals surface area contributed by atoms with Crippen LogP contribution in [0.1, 0.15) is 0 Å². The largest absolute Gasteiger partial charge is 0.309 e. The molecule has 0 saturated heterocycles. The SMILES string of the molecule is c1ccc(-c2nc(-c3ccccc3)c3cc(-c4cccc(-n5c6ccccc6c6cc7c8c9ccccc9c9ccccc9c8n(-c8ccccc8)c7cc65)c4)ccc3n2)cc1. The number of hydrogen-bond acceptors (Lipinski definition) is 2. The van der Waals surface area contributed by atoms with E-state index in [-0.39, 0.29) is 0 Å². The number of benzene rings is 10. The smallest absolute Gasteiger partial charge is 0.160 e. The maximum Gasteiger partial charge on any atom is 0.160 e. The van der Waals surface area contributed by atoms with Gasteiger partial charge >= 0.3 is 0 Å². The first-order valence-electron chi connectivity index (χ1n) is 21.2. The minimum Gasteiger partial charge on any atom is -0.309 e. The Bertz CT molecular complexity index is 3900. The molecule has 0 spiro atoms. The second-order valence-corrected chi connectivity index (χ2v) is 16.1. The van der Waals surface area contributed by atoms with Gasteiger partial charge in [-0.05, 0) is 81.9 Å². The van der Waals surface area contributed by atoms with Crippen molar-refractivity contribution in [1.29, 1.82) is 0 Å². The van der Waals surface area contributed by atoms with Gasteiger partial charge in [0.25, 0.3) is 0 Å². The molecule has 0 aliphatic heterocycles. The molecule has 4 heteroatoms. The quantitative estimate of drug-likeness (QED) is 0.163. The zero-order valence-electron chi connectivity index (χ0n) is 33.6. The number of rotatable bonds is 5. The highest BCUT2D eigenvalue weighted by Gasteiger charge is 2.22. The van der Waals surface area contributed by atoms with Gasteiger partial charge in [0.05, 0.1) is 33.3 Å². The molecule has 13 aromatic rings. The van der Waals surface area contributed by atoms with Crippen LogP contribution in [0.2, 0.25) is 0 Å². The van der Waals surface area contributed by atoms with E-state index >= 15 is 0 Å². The highest BCUT2D eigenvalue weighted by atomic mass is 15.0. The summed E-state index contributed by atoms with van der Waals surface area (Å²) in [6.45, 7) is 0. The zero-order chi connectivity index (χ0) is 40.7. The maximum atomic E-state index is 5.19. The van der Waals surface area contributed by atoms with Crippen LogP contribution in [0.5, 0.6) is 0 Å². The van der Waals surface area contributed by atoms with E-state index in [0.717, 1.165) is 61.6 Å². The van der Waals surface area contributed by atoms with Crippen LogP contribution in [0, 0.1) is 0 Å². The first-order valence-corrected chi connectivity index (χ1v) is 21.2. The molecule has 0 radical (unpaired) electrons. The summed E-state index contributed by atoms with van der Waals surface area (Å²) < 4.78 is 4.94. The lowest BCUT2D eigenvalue weighted by Crippen LogP contribution is -1.97. The fourth-order valence-corrected chi connectivity index (χ4v) is 9.93. The normalized spacial score (nSPS) is 11.9. The summed E-state index contributed by atoms with van der Waals surface area (Å²) >= 11 is 0. The maximum absolute atomic E-state index is 5.19. The third kappa shape index (κ3) is 5.20. The van der Waals surface area contributed by atoms with E-state index in [9.17, 15) is 0 Å². The summed E-state index contributed by atoms with van der Waals surface area (Å²) in [5.41, 5.74) is 13.1. The average molecular weight is 789 g/mol. The Labute approximate surface area is 357 Å². The van der Waals surface area contributed by atoms with Crippen molar-refractivity contribution < 1.29 is 0 Å². The monoisotopic (exact) mass is 788 g/mol. The number of aromatic nitrogens is 4. The molecule has 0 aliphatic carbocycles. The summed E-state index contributed by atoms with van der Waals surface area (Å²) in [4.78, 5) is 10.3. The molecule has 3 heterocycles. The molecule has 0 amide bonds. The number of fused-ring (bicyclic) bond motifs is 12. The van der Waals surface area contributed by atoms with Gasteiger partial charge < -0.3 is 9.13 Å². The van der Waals surface area contributed by atoms with E-state index in [4.69, 9.17) is 9.97 Å². The van der Waals surface area contributed by atoms with Gasteiger partial charge in [0.1, 0.15) is 0 Å². The Balaban J connectivity index is 1.06. The minimum absolute atomic E-state index is 0.722. The zero-order valence-corrected chi connectivity index (χ0v) is 33.6. The topological polar surface area (TPSA) is 35.6 Å². The van der Waals surface area contributed by atoms with Gasteiger partial charge in [0.2, 0.25) is 0 Å². The van der Waals surface area contributed by atoms with Crippen molar-refractivity contribution in [2.24, 2.45) is 0 Å². The Morgan fingerprint density at radius 3 is 1.65 bits per heavy atom. The van der Waals surface area contributed by atoms with Crippen LogP contribution < -0.4 is 0 Å². The Hall–Kier alpha value is -8.34. The van der Waals surface area contributed by atoms with Crippen LogP contribution in [0.4, 0.5) is 0 Å². The fraction of sp³-hybridized carbons (Fsp3) is 0. The molecule has 0 bridgehead atoms. The number of para-hydroxylation sites is 2. The predicted molar refractivity (Wildman–Crippen MR) is 260 cm³/mol. The molecule has 0 fully saturated rings. The molecule has 288 valence electrons. The van der Waals surface area contributed by atoms with Gasteiger partial charge in [0, 0.05) is 54.8 Å². The average Bonchev–Trinajstić information content (AvgIpc) is 3.86. The Kier molecular flexibility index (Phi) is 7.57. The van der Waals surface area contributed by atoms with Crippen molar-refractivity contribution in [2.45, 2.75) is 0 Å². The molecule has 10 aromatic carbocycles. The van der Waals surface area contributed by atoms with Crippen molar-refractivity contribution in [2.75, 3.05) is 0 Å². The first-order chi connectivity index (χ1) is 30.8. The third-order valence-electron chi connectivity index (χ3n) is 12.7. The number of hydrogen-bond donors (Lipinski definition) is 0. The van der Waals surface area contributed by atoms with Crippen molar-refractivity contribution in [3.05, 3.63) is 218 Å². The van der Waals surface area contributed by atoms with Gasteiger partial charge in [0.15, 0.2) is 5.82 Å². The molecular weight excluding hydrogens is 753 g/mol. The summed E-state index contributed by atoms with van der Waals surface area (Å²) in [5, 5.41) is 11.1. The molecule has 0 saturated carbocycles. The van der Waals surface area contributed by atoms with E-state index in [0.29, 0.717) is 0 Å². The second-order valence-electron chi connectivity index (χ2n) is 16.1. The molecule has 0 N–H and O–H groups in total. The van der Waals surface area contributed by atoms with Crippen molar-refractivity contribution >= 4 is 76.1 Å². The highest BCUT2D eigenvalue weighted by Crippen LogP contribution is 2.45. The van der Waals surface area contributed by atoms with E-state index in [2.05, 4.69) is 203 Å².